The molecule has 0 amide bonds. The van der Waals surface area contributed by atoms with Crippen LogP contribution in [0, 0.1) is 0 Å². The van der Waals surface area contributed by atoms with Crippen LogP contribution in [0.4, 0.5) is 0 Å². The van der Waals surface area contributed by atoms with Gasteiger partial charge in [-0.15, -0.1) is 0 Å². The first-order chi connectivity index (χ1) is 11.6. The van der Waals surface area contributed by atoms with Crippen LogP contribution < -0.4 is 0 Å². The van der Waals surface area contributed by atoms with E-state index in [2.05, 4.69) is 5.16 Å². The van der Waals surface area contributed by atoms with Crippen molar-refractivity contribution in [3.63, 3.8) is 0 Å². The summed E-state index contributed by atoms with van der Waals surface area (Å²) in [5.74, 6) is 0.699. The van der Waals surface area contributed by atoms with Crippen LogP contribution in [0.15, 0.2) is 71.3 Å². The molecular weight excluding hydrogens is 322 g/mol. The topological polar surface area (TPSA) is 60.2 Å². The van der Waals surface area contributed by atoms with Gasteiger partial charge in [0.05, 0.1) is 17.2 Å². The van der Waals surface area contributed by atoms with E-state index in [4.69, 9.17) is 4.52 Å². The predicted molar refractivity (Wildman–Crippen MR) is 93.4 cm³/mol. The first-order valence-electron chi connectivity index (χ1n) is 7.83. The number of hydrogen-bond acceptors (Lipinski definition) is 4. The van der Waals surface area contributed by atoms with Crippen molar-refractivity contribution in [2.75, 3.05) is 5.75 Å². The highest BCUT2D eigenvalue weighted by Gasteiger charge is 2.16. The van der Waals surface area contributed by atoms with Gasteiger partial charge in [-0.05, 0) is 17.5 Å². The second-order valence-electron chi connectivity index (χ2n) is 5.77. The van der Waals surface area contributed by atoms with Gasteiger partial charge in [-0.2, -0.15) is 0 Å². The Morgan fingerprint density at radius 1 is 0.875 bits per heavy atom. The van der Waals surface area contributed by atoms with Gasteiger partial charge in [0.1, 0.15) is 5.76 Å². The molecule has 0 saturated heterocycles. The SMILES string of the molecule is O=S(=O)(CCc1ccccc1)Cc1cc(Cc2ccccc2)on1. The summed E-state index contributed by atoms with van der Waals surface area (Å²) in [5, 5.41) is 3.90. The highest BCUT2D eigenvalue weighted by molar-refractivity contribution is 7.90. The monoisotopic (exact) mass is 341 g/mol. The van der Waals surface area contributed by atoms with Gasteiger partial charge >= 0.3 is 0 Å². The van der Waals surface area contributed by atoms with Crippen molar-refractivity contribution >= 4 is 9.84 Å². The maximum absolute atomic E-state index is 12.3. The standard InChI is InChI=1S/C19H19NO3S/c21-24(22,12-11-16-7-3-1-4-8-16)15-18-14-19(23-20-18)13-17-9-5-2-6-10-17/h1-10,14H,11-13,15H2. The maximum atomic E-state index is 12.3. The molecule has 0 unspecified atom stereocenters. The summed E-state index contributed by atoms with van der Waals surface area (Å²) in [5.41, 5.74) is 2.59. The van der Waals surface area contributed by atoms with Crippen molar-refractivity contribution in [2.24, 2.45) is 0 Å². The fourth-order valence-corrected chi connectivity index (χ4v) is 3.80. The molecule has 2 aromatic carbocycles. The van der Waals surface area contributed by atoms with Crippen LogP contribution in [0.2, 0.25) is 0 Å². The van der Waals surface area contributed by atoms with E-state index in [0.717, 1.165) is 11.1 Å². The number of sulfone groups is 1. The molecule has 0 bridgehead atoms. The van der Waals surface area contributed by atoms with E-state index in [-0.39, 0.29) is 11.5 Å². The first-order valence-corrected chi connectivity index (χ1v) is 9.66. The Hall–Kier alpha value is -2.40. The average Bonchev–Trinajstić information content (AvgIpc) is 3.01. The normalized spacial score (nSPS) is 11.5. The van der Waals surface area contributed by atoms with E-state index in [9.17, 15) is 8.42 Å². The molecule has 0 aliphatic carbocycles. The van der Waals surface area contributed by atoms with Crippen molar-refractivity contribution in [1.29, 1.82) is 0 Å². The van der Waals surface area contributed by atoms with Crippen LogP contribution in [-0.4, -0.2) is 19.3 Å². The Morgan fingerprint density at radius 2 is 1.50 bits per heavy atom. The zero-order valence-corrected chi connectivity index (χ0v) is 14.1. The lowest BCUT2D eigenvalue weighted by atomic mass is 10.1. The molecule has 0 spiro atoms. The summed E-state index contributed by atoms with van der Waals surface area (Å²) in [4.78, 5) is 0. The summed E-state index contributed by atoms with van der Waals surface area (Å²) in [6.07, 6.45) is 1.12. The van der Waals surface area contributed by atoms with E-state index in [0.29, 0.717) is 24.3 Å². The number of aromatic nitrogens is 1. The van der Waals surface area contributed by atoms with Crippen molar-refractivity contribution in [1.82, 2.24) is 5.16 Å². The molecule has 1 heterocycles. The van der Waals surface area contributed by atoms with Gasteiger partial charge in [0.15, 0.2) is 9.84 Å². The fourth-order valence-electron chi connectivity index (χ4n) is 2.52. The average molecular weight is 341 g/mol. The Kier molecular flexibility index (Phi) is 5.11. The Morgan fingerprint density at radius 3 is 2.17 bits per heavy atom. The Balaban J connectivity index is 1.59. The van der Waals surface area contributed by atoms with Gasteiger partial charge in [0, 0.05) is 12.5 Å². The van der Waals surface area contributed by atoms with Crippen LogP contribution in [0.5, 0.6) is 0 Å². The quantitative estimate of drug-likeness (QED) is 0.661. The molecule has 3 rings (SSSR count). The summed E-state index contributed by atoms with van der Waals surface area (Å²) < 4.78 is 29.8. The first kappa shape index (κ1) is 16.5. The lowest BCUT2D eigenvalue weighted by Crippen LogP contribution is -2.11. The van der Waals surface area contributed by atoms with E-state index < -0.39 is 9.84 Å². The molecule has 0 atom stereocenters. The van der Waals surface area contributed by atoms with E-state index >= 15 is 0 Å². The van der Waals surface area contributed by atoms with Crippen LogP contribution in [0.3, 0.4) is 0 Å². The van der Waals surface area contributed by atoms with Crippen LogP contribution in [0.25, 0.3) is 0 Å². The Labute approximate surface area is 142 Å². The van der Waals surface area contributed by atoms with Gasteiger partial charge < -0.3 is 4.52 Å². The van der Waals surface area contributed by atoms with Gasteiger partial charge in [0.25, 0.3) is 0 Å². The third kappa shape index (κ3) is 4.80. The molecule has 5 heteroatoms. The summed E-state index contributed by atoms with van der Waals surface area (Å²) >= 11 is 0. The minimum absolute atomic E-state index is 0.0852. The van der Waals surface area contributed by atoms with Gasteiger partial charge in [-0.1, -0.05) is 65.8 Å². The molecule has 1 aromatic heterocycles. The number of benzene rings is 2. The van der Waals surface area contributed by atoms with Crippen LogP contribution in [-0.2, 0) is 28.4 Å². The zero-order chi connectivity index (χ0) is 16.8. The third-order valence-electron chi connectivity index (χ3n) is 3.74. The van der Waals surface area contributed by atoms with Crippen molar-refractivity contribution in [3.05, 3.63) is 89.3 Å². The fraction of sp³-hybridized carbons (Fsp3) is 0.211. The highest BCUT2D eigenvalue weighted by Crippen LogP contribution is 2.14. The minimum Gasteiger partial charge on any atom is -0.361 e. The molecule has 0 aliphatic rings. The largest absolute Gasteiger partial charge is 0.361 e. The molecule has 0 saturated carbocycles. The van der Waals surface area contributed by atoms with Gasteiger partial charge in [0.2, 0.25) is 0 Å². The maximum Gasteiger partial charge on any atom is 0.156 e. The number of rotatable bonds is 7. The second kappa shape index (κ2) is 7.45. The summed E-state index contributed by atoms with van der Waals surface area (Å²) in [6.45, 7) is 0. The number of nitrogens with zero attached hydrogens (tertiary/aromatic N) is 1. The minimum atomic E-state index is -3.21. The Bertz CT molecular complexity index is 871. The lowest BCUT2D eigenvalue weighted by Gasteiger charge is -2.02. The third-order valence-corrected chi connectivity index (χ3v) is 5.30. The highest BCUT2D eigenvalue weighted by atomic mass is 32.2. The van der Waals surface area contributed by atoms with E-state index in [1.807, 2.05) is 60.7 Å². The molecule has 0 fully saturated rings. The number of hydrogen-bond donors (Lipinski definition) is 0. The molecule has 4 nitrogen and oxygen atoms in total. The van der Waals surface area contributed by atoms with E-state index in [1.165, 1.54) is 0 Å². The van der Waals surface area contributed by atoms with Crippen molar-refractivity contribution in [2.45, 2.75) is 18.6 Å². The van der Waals surface area contributed by atoms with Crippen LogP contribution >= 0.6 is 0 Å². The molecule has 24 heavy (non-hydrogen) atoms. The van der Waals surface area contributed by atoms with Crippen molar-refractivity contribution < 1.29 is 12.9 Å². The second-order valence-corrected chi connectivity index (χ2v) is 7.96. The molecule has 0 N–H and O–H groups in total. The molecule has 0 aliphatic heterocycles. The summed E-state index contributed by atoms with van der Waals surface area (Å²) in [7, 11) is -3.21. The van der Waals surface area contributed by atoms with E-state index in [1.54, 1.807) is 6.07 Å². The molecule has 124 valence electrons. The molecule has 0 radical (unpaired) electrons. The smallest absolute Gasteiger partial charge is 0.156 e. The molecule has 3 aromatic rings. The zero-order valence-electron chi connectivity index (χ0n) is 13.3. The van der Waals surface area contributed by atoms with Gasteiger partial charge in [-0.3, -0.25) is 0 Å². The number of aryl methyl sites for hydroxylation is 1. The van der Waals surface area contributed by atoms with Crippen molar-refractivity contribution in [3.8, 4) is 0 Å². The lowest BCUT2D eigenvalue weighted by molar-refractivity contribution is 0.384. The van der Waals surface area contributed by atoms with Crippen LogP contribution in [0.1, 0.15) is 22.6 Å². The van der Waals surface area contributed by atoms with Gasteiger partial charge in [-0.25, -0.2) is 8.42 Å². The summed E-state index contributed by atoms with van der Waals surface area (Å²) in [6, 6.07) is 21.2. The predicted octanol–water partition coefficient (Wildman–Crippen LogP) is 3.42. The molecular formula is C19H19NO3S.